The molecule has 7 nitrogen and oxygen atoms in total. The van der Waals surface area contributed by atoms with Crippen LogP contribution in [0.25, 0.3) is 0 Å². The van der Waals surface area contributed by atoms with E-state index in [-0.39, 0.29) is 22.1 Å². The molecule has 1 N–H and O–H groups in total. The normalized spacial score (nSPS) is 18.7. The van der Waals surface area contributed by atoms with E-state index in [9.17, 15) is 26.4 Å². The highest BCUT2D eigenvalue weighted by Gasteiger charge is 2.41. The standard InChI is InChI=1S/C21H21F3N2O5S/c22-21(23,24)16-4-2-5-17(14-16)25-32(28,29)18-6-1-3-15(13-18)19(27)26-9-7-20(8-10-26)30-11-12-31-20/h1-6,13-14,25H,7-12H2. The third-order valence-corrected chi connectivity index (χ3v) is 6.84. The molecule has 0 bridgehead atoms. The van der Waals surface area contributed by atoms with Gasteiger partial charge in [-0.15, -0.1) is 0 Å². The van der Waals surface area contributed by atoms with E-state index in [0.29, 0.717) is 45.2 Å². The van der Waals surface area contributed by atoms with E-state index in [2.05, 4.69) is 4.72 Å². The van der Waals surface area contributed by atoms with Gasteiger partial charge in [0.2, 0.25) is 0 Å². The van der Waals surface area contributed by atoms with Crippen LogP contribution in [0.3, 0.4) is 0 Å². The number of alkyl halides is 3. The van der Waals surface area contributed by atoms with Crippen LogP contribution in [0.1, 0.15) is 28.8 Å². The number of halogens is 3. The van der Waals surface area contributed by atoms with Gasteiger partial charge in [0.25, 0.3) is 15.9 Å². The number of hydrogen-bond acceptors (Lipinski definition) is 5. The molecular formula is C21H21F3N2O5S. The summed E-state index contributed by atoms with van der Waals surface area (Å²) in [6, 6.07) is 9.30. The molecule has 2 aliphatic rings. The predicted molar refractivity (Wildman–Crippen MR) is 108 cm³/mol. The minimum Gasteiger partial charge on any atom is -0.347 e. The first-order valence-corrected chi connectivity index (χ1v) is 11.4. The molecule has 0 aliphatic carbocycles. The van der Waals surface area contributed by atoms with Crippen LogP contribution < -0.4 is 4.72 Å². The van der Waals surface area contributed by atoms with Gasteiger partial charge in [-0.3, -0.25) is 9.52 Å². The van der Waals surface area contributed by atoms with Crippen LogP contribution >= 0.6 is 0 Å². The van der Waals surface area contributed by atoms with E-state index >= 15 is 0 Å². The van der Waals surface area contributed by atoms with Crippen molar-refractivity contribution >= 4 is 21.6 Å². The number of benzene rings is 2. The molecule has 1 spiro atoms. The van der Waals surface area contributed by atoms with Crippen LogP contribution in [0.4, 0.5) is 18.9 Å². The van der Waals surface area contributed by atoms with Crippen molar-refractivity contribution in [3.63, 3.8) is 0 Å². The fraction of sp³-hybridized carbons (Fsp3) is 0.381. The molecule has 32 heavy (non-hydrogen) atoms. The molecule has 1 amide bonds. The lowest BCUT2D eigenvalue weighted by molar-refractivity contribution is -0.181. The fourth-order valence-electron chi connectivity index (χ4n) is 3.79. The van der Waals surface area contributed by atoms with Crippen molar-refractivity contribution in [2.24, 2.45) is 0 Å². The molecule has 2 aromatic rings. The molecule has 172 valence electrons. The van der Waals surface area contributed by atoms with Gasteiger partial charge in [0.05, 0.1) is 23.7 Å². The first kappa shape index (κ1) is 22.6. The van der Waals surface area contributed by atoms with Crippen molar-refractivity contribution in [1.82, 2.24) is 4.90 Å². The molecule has 0 unspecified atom stereocenters. The second-order valence-corrected chi connectivity index (χ2v) is 9.29. The Hall–Kier alpha value is -2.63. The molecule has 0 atom stereocenters. The molecule has 0 saturated carbocycles. The number of nitrogens with zero attached hydrogens (tertiary/aromatic N) is 1. The van der Waals surface area contributed by atoms with Gasteiger partial charge in [-0.25, -0.2) is 8.42 Å². The largest absolute Gasteiger partial charge is 0.416 e. The highest BCUT2D eigenvalue weighted by Crippen LogP contribution is 2.33. The van der Waals surface area contributed by atoms with Gasteiger partial charge < -0.3 is 14.4 Å². The first-order chi connectivity index (χ1) is 15.1. The minimum atomic E-state index is -4.60. The Morgan fingerprint density at radius 2 is 1.66 bits per heavy atom. The SMILES string of the molecule is O=C(c1cccc(S(=O)(=O)Nc2cccc(C(F)(F)F)c2)c1)N1CCC2(CC1)OCCO2. The molecular weight excluding hydrogens is 449 g/mol. The summed E-state index contributed by atoms with van der Waals surface area (Å²) in [6.07, 6.45) is -3.56. The monoisotopic (exact) mass is 470 g/mol. The maximum Gasteiger partial charge on any atom is 0.416 e. The molecule has 2 saturated heterocycles. The number of nitrogens with one attached hydrogen (secondary N) is 1. The first-order valence-electron chi connectivity index (χ1n) is 9.95. The number of hydrogen-bond donors (Lipinski definition) is 1. The topological polar surface area (TPSA) is 84.9 Å². The molecule has 4 rings (SSSR count). The third-order valence-electron chi connectivity index (χ3n) is 5.46. The summed E-state index contributed by atoms with van der Waals surface area (Å²) in [5, 5.41) is 0. The Morgan fingerprint density at radius 1 is 1.00 bits per heavy atom. The summed E-state index contributed by atoms with van der Waals surface area (Å²) in [5.41, 5.74) is -1.03. The molecule has 2 aliphatic heterocycles. The number of amides is 1. The molecule has 0 radical (unpaired) electrons. The number of sulfonamides is 1. The molecule has 11 heteroatoms. The summed E-state index contributed by atoms with van der Waals surface area (Å²) in [7, 11) is -4.21. The maximum atomic E-state index is 12.9. The second-order valence-electron chi connectivity index (χ2n) is 7.61. The Balaban J connectivity index is 1.49. The van der Waals surface area contributed by atoms with Crippen molar-refractivity contribution in [2.45, 2.75) is 29.7 Å². The zero-order valence-corrected chi connectivity index (χ0v) is 17.7. The van der Waals surface area contributed by atoms with E-state index < -0.39 is 27.6 Å². The smallest absolute Gasteiger partial charge is 0.347 e. The zero-order chi connectivity index (χ0) is 23.0. The third kappa shape index (κ3) is 4.74. The van der Waals surface area contributed by atoms with Crippen molar-refractivity contribution in [1.29, 1.82) is 0 Å². The van der Waals surface area contributed by atoms with Gasteiger partial charge >= 0.3 is 6.18 Å². The van der Waals surface area contributed by atoms with Crippen LogP contribution in [-0.2, 0) is 25.7 Å². The van der Waals surface area contributed by atoms with E-state index in [1.54, 1.807) is 4.90 Å². The predicted octanol–water partition coefficient (Wildman–Crippen LogP) is 3.49. The molecule has 2 heterocycles. The van der Waals surface area contributed by atoms with Gasteiger partial charge in [0.15, 0.2) is 5.79 Å². The van der Waals surface area contributed by atoms with Gasteiger partial charge in [-0.05, 0) is 36.4 Å². The van der Waals surface area contributed by atoms with Gasteiger partial charge in [-0.2, -0.15) is 13.2 Å². The quantitative estimate of drug-likeness (QED) is 0.740. The van der Waals surface area contributed by atoms with E-state index in [4.69, 9.17) is 9.47 Å². The van der Waals surface area contributed by atoms with E-state index in [0.717, 1.165) is 12.1 Å². The number of ether oxygens (including phenoxy) is 2. The summed E-state index contributed by atoms with van der Waals surface area (Å²) in [6.45, 7) is 1.84. The molecule has 0 aromatic heterocycles. The number of piperidine rings is 1. The Kier molecular flexibility index (Phi) is 5.91. The lowest BCUT2D eigenvalue weighted by Crippen LogP contribution is -2.47. The average Bonchev–Trinajstić information content (AvgIpc) is 3.21. The van der Waals surface area contributed by atoms with Gasteiger partial charge in [0.1, 0.15) is 0 Å². The maximum absolute atomic E-state index is 12.9. The molecule has 2 fully saturated rings. The van der Waals surface area contributed by atoms with Crippen LogP contribution in [0.5, 0.6) is 0 Å². The lowest BCUT2D eigenvalue weighted by atomic mass is 10.0. The van der Waals surface area contributed by atoms with Crippen LogP contribution in [-0.4, -0.2) is 51.3 Å². The Bertz CT molecular complexity index is 1100. The highest BCUT2D eigenvalue weighted by molar-refractivity contribution is 7.92. The summed E-state index contributed by atoms with van der Waals surface area (Å²) in [5.74, 6) is -0.981. The lowest BCUT2D eigenvalue weighted by Gasteiger charge is -2.37. The van der Waals surface area contributed by atoms with Crippen LogP contribution in [0, 0.1) is 0 Å². The van der Waals surface area contributed by atoms with Crippen LogP contribution in [0.2, 0.25) is 0 Å². The number of carbonyl (C=O) groups is 1. The molecule has 2 aromatic carbocycles. The van der Waals surface area contributed by atoms with Crippen molar-refractivity contribution in [3.05, 3.63) is 59.7 Å². The van der Waals surface area contributed by atoms with Gasteiger partial charge in [0, 0.05) is 37.2 Å². The number of rotatable bonds is 4. The Morgan fingerprint density at radius 3 is 2.31 bits per heavy atom. The van der Waals surface area contributed by atoms with Crippen LogP contribution in [0.15, 0.2) is 53.4 Å². The van der Waals surface area contributed by atoms with E-state index in [1.165, 1.54) is 30.3 Å². The fourth-order valence-corrected chi connectivity index (χ4v) is 4.88. The highest BCUT2D eigenvalue weighted by atomic mass is 32.2. The number of likely N-dealkylation sites (tertiary alicyclic amines) is 1. The summed E-state index contributed by atoms with van der Waals surface area (Å²) >= 11 is 0. The van der Waals surface area contributed by atoms with Crippen molar-refractivity contribution in [2.75, 3.05) is 31.0 Å². The second kappa shape index (κ2) is 8.38. The minimum absolute atomic E-state index is 0.168. The number of anilines is 1. The van der Waals surface area contributed by atoms with E-state index in [1.807, 2.05) is 0 Å². The Labute approximate surface area is 183 Å². The summed E-state index contributed by atoms with van der Waals surface area (Å²) < 4.78 is 77.6. The van der Waals surface area contributed by atoms with Crippen molar-refractivity contribution in [3.8, 4) is 0 Å². The average molecular weight is 470 g/mol. The van der Waals surface area contributed by atoms with Gasteiger partial charge in [-0.1, -0.05) is 12.1 Å². The summed E-state index contributed by atoms with van der Waals surface area (Å²) in [4.78, 5) is 14.3. The zero-order valence-electron chi connectivity index (χ0n) is 16.9. The number of carbonyl (C=O) groups excluding carboxylic acids is 1. The van der Waals surface area contributed by atoms with Crippen molar-refractivity contribution < 1.29 is 35.9 Å².